The van der Waals surface area contributed by atoms with Crippen LogP contribution in [-0.4, -0.2) is 22.6 Å². The van der Waals surface area contributed by atoms with Crippen LogP contribution >= 0.6 is 0 Å². The van der Waals surface area contributed by atoms with Crippen LogP contribution in [0.15, 0.2) is 22.7 Å². The number of aromatic nitrogens is 2. The smallest absolute Gasteiger partial charge is 0.297 e. The molecule has 1 unspecified atom stereocenters. The molecule has 1 aromatic heterocycles. The van der Waals surface area contributed by atoms with Gasteiger partial charge in [0.1, 0.15) is 0 Å². The fraction of sp³-hybridized carbons (Fsp3) is 0.400. The van der Waals surface area contributed by atoms with E-state index in [1.165, 1.54) is 0 Å². The second kappa shape index (κ2) is 5.65. The molecule has 0 radical (unpaired) electrons. The van der Waals surface area contributed by atoms with Crippen LogP contribution in [0, 0.1) is 13.8 Å². The van der Waals surface area contributed by atoms with E-state index >= 15 is 0 Å². The summed E-state index contributed by atoms with van der Waals surface area (Å²) >= 11 is 0. The summed E-state index contributed by atoms with van der Waals surface area (Å²) in [6, 6.07) is 5.91. The second-order valence-electron chi connectivity index (χ2n) is 5.38. The normalized spacial score (nSPS) is 17.9. The average Bonchev–Trinajstić information content (AvgIpc) is 3.10. The van der Waals surface area contributed by atoms with Crippen molar-refractivity contribution in [2.75, 3.05) is 11.9 Å². The summed E-state index contributed by atoms with van der Waals surface area (Å²) in [6.07, 6.45) is 2.04. The number of rotatable bonds is 3. The molecule has 110 valence electrons. The first kappa shape index (κ1) is 13.8. The molecule has 0 aliphatic carbocycles. The van der Waals surface area contributed by atoms with Gasteiger partial charge in [0.25, 0.3) is 11.7 Å². The number of amides is 1. The largest absolute Gasteiger partial charge is 0.337 e. The highest BCUT2D eigenvalue weighted by Crippen LogP contribution is 2.21. The van der Waals surface area contributed by atoms with Gasteiger partial charge in [0.2, 0.25) is 5.89 Å². The number of hydrogen-bond donors (Lipinski definition) is 2. The summed E-state index contributed by atoms with van der Waals surface area (Å²) in [4.78, 5) is 16.3. The summed E-state index contributed by atoms with van der Waals surface area (Å²) in [7, 11) is 0. The summed E-state index contributed by atoms with van der Waals surface area (Å²) < 4.78 is 5.17. The van der Waals surface area contributed by atoms with Crippen molar-refractivity contribution in [1.29, 1.82) is 0 Å². The maximum absolute atomic E-state index is 12.2. The van der Waals surface area contributed by atoms with E-state index in [-0.39, 0.29) is 17.8 Å². The number of carbonyl (C=O) groups excluding carboxylic acids is 1. The van der Waals surface area contributed by atoms with Crippen LogP contribution < -0.4 is 10.6 Å². The SMILES string of the molecule is Cc1ccc(NC(=O)c2noc(C3CCCN3)n2)c(C)c1. The molecule has 2 heterocycles. The van der Waals surface area contributed by atoms with Gasteiger partial charge in [0, 0.05) is 5.69 Å². The predicted octanol–water partition coefficient (Wildman–Crippen LogP) is 2.36. The number of benzene rings is 1. The molecule has 1 amide bonds. The third kappa shape index (κ3) is 2.95. The highest BCUT2D eigenvalue weighted by molar-refractivity contribution is 6.01. The molecule has 1 aliphatic rings. The summed E-state index contributed by atoms with van der Waals surface area (Å²) in [5.74, 6) is 0.201. The third-order valence-corrected chi connectivity index (χ3v) is 3.63. The molecule has 3 rings (SSSR count). The molecule has 2 aromatic rings. The Bertz CT molecular complexity index is 659. The van der Waals surface area contributed by atoms with Gasteiger partial charge in [-0.05, 0) is 44.9 Å². The average molecular weight is 286 g/mol. The highest BCUT2D eigenvalue weighted by atomic mass is 16.5. The Labute approximate surface area is 122 Å². The van der Waals surface area contributed by atoms with Crippen LogP contribution in [0.3, 0.4) is 0 Å². The summed E-state index contributed by atoms with van der Waals surface area (Å²) in [6.45, 7) is 4.91. The Morgan fingerprint density at radius 2 is 2.29 bits per heavy atom. The minimum absolute atomic E-state index is 0.0682. The zero-order valence-electron chi connectivity index (χ0n) is 12.1. The molecule has 2 N–H and O–H groups in total. The van der Waals surface area contributed by atoms with Gasteiger partial charge < -0.3 is 15.2 Å². The van der Waals surface area contributed by atoms with Gasteiger partial charge in [-0.15, -0.1) is 0 Å². The summed E-state index contributed by atoms with van der Waals surface area (Å²) in [5.41, 5.74) is 2.92. The molecule has 0 bridgehead atoms. The summed E-state index contributed by atoms with van der Waals surface area (Å²) in [5, 5.41) is 9.84. The van der Waals surface area contributed by atoms with Crippen molar-refractivity contribution in [3.63, 3.8) is 0 Å². The Morgan fingerprint density at radius 1 is 1.43 bits per heavy atom. The number of anilines is 1. The van der Waals surface area contributed by atoms with Crippen molar-refractivity contribution in [2.45, 2.75) is 32.7 Å². The quantitative estimate of drug-likeness (QED) is 0.905. The third-order valence-electron chi connectivity index (χ3n) is 3.63. The molecule has 1 aliphatic heterocycles. The zero-order chi connectivity index (χ0) is 14.8. The van der Waals surface area contributed by atoms with Gasteiger partial charge in [-0.1, -0.05) is 22.9 Å². The second-order valence-corrected chi connectivity index (χ2v) is 5.38. The molecule has 6 heteroatoms. The van der Waals surface area contributed by atoms with Gasteiger partial charge in [-0.2, -0.15) is 4.98 Å². The van der Waals surface area contributed by atoms with Crippen molar-refractivity contribution >= 4 is 11.6 Å². The van der Waals surface area contributed by atoms with E-state index in [1.54, 1.807) is 0 Å². The maximum Gasteiger partial charge on any atom is 0.297 e. The molecule has 1 aromatic carbocycles. The number of aryl methyl sites for hydroxylation is 2. The minimum atomic E-state index is -0.352. The predicted molar refractivity (Wildman–Crippen MR) is 78.1 cm³/mol. The lowest BCUT2D eigenvalue weighted by molar-refractivity contribution is 0.101. The molecular formula is C15H18N4O2. The van der Waals surface area contributed by atoms with Gasteiger partial charge in [0.05, 0.1) is 6.04 Å². The Balaban J connectivity index is 1.73. The van der Waals surface area contributed by atoms with Gasteiger partial charge in [-0.3, -0.25) is 4.79 Å². The first-order valence-electron chi connectivity index (χ1n) is 7.09. The van der Waals surface area contributed by atoms with E-state index in [0.29, 0.717) is 5.89 Å². The monoisotopic (exact) mass is 286 g/mol. The lowest BCUT2D eigenvalue weighted by Gasteiger charge is -2.07. The molecule has 6 nitrogen and oxygen atoms in total. The number of nitrogens with one attached hydrogen (secondary N) is 2. The molecule has 0 saturated carbocycles. The Morgan fingerprint density at radius 3 is 3.00 bits per heavy atom. The number of carbonyl (C=O) groups is 1. The highest BCUT2D eigenvalue weighted by Gasteiger charge is 2.24. The fourth-order valence-corrected chi connectivity index (χ4v) is 2.50. The van der Waals surface area contributed by atoms with Crippen molar-refractivity contribution in [3.8, 4) is 0 Å². The molecular weight excluding hydrogens is 268 g/mol. The lowest BCUT2D eigenvalue weighted by Crippen LogP contribution is -2.16. The molecule has 0 spiro atoms. The van der Waals surface area contributed by atoms with Crippen molar-refractivity contribution in [1.82, 2.24) is 15.5 Å². The molecule has 1 saturated heterocycles. The Kier molecular flexibility index (Phi) is 3.70. The van der Waals surface area contributed by atoms with E-state index in [9.17, 15) is 4.79 Å². The van der Waals surface area contributed by atoms with Crippen molar-refractivity contribution in [3.05, 3.63) is 41.0 Å². The van der Waals surface area contributed by atoms with E-state index in [2.05, 4.69) is 20.8 Å². The Hall–Kier alpha value is -2.21. The van der Waals surface area contributed by atoms with E-state index in [1.807, 2.05) is 32.0 Å². The van der Waals surface area contributed by atoms with Crippen molar-refractivity contribution < 1.29 is 9.32 Å². The van der Waals surface area contributed by atoms with Gasteiger partial charge in [-0.25, -0.2) is 0 Å². The molecule has 1 fully saturated rings. The first-order valence-corrected chi connectivity index (χ1v) is 7.09. The number of hydrogen-bond acceptors (Lipinski definition) is 5. The van der Waals surface area contributed by atoms with Gasteiger partial charge in [0.15, 0.2) is 0 Å². The molecule has 1 atom stereocenters. The van der Waals surface area contributed by atoms with Gasteiger partial charge >= 0.3 is 0 Å². The topological polar surface area (TPSA) is 80.0 Å². The van der Waals surface area contributed by atoms with E-state index in [0.717, 1.165) is 36.2 Å². The standard InChI is InChI=1S/C15H18N4O2/c1-9-5-6-11(10(2)8-9)17-14(20)13-18-15(21-19-13)12-4-3-7-16-12/h5-6,8,12,16H,3-4,7H2,1-2H3,(H,17,20). The first-order chi connectivity index (χ1) is 10.1. The zero-order valence-corrected chi connectivity index (χ0v) is 12.1. The fourth-order valence-electron chi connectivity index (χ4n) is 2.50. The lowest BCUT2D eigenvalue weighted by atomic mass is 10.1. The van der Waals surface area contributed by atoms with Crippen LogP contribution in [0.2, 0.25) is 0 Å². The van der Waals surface area contributed by atoms with E-state index in [4.69, 9.17) is 4.52 Å². The van der Waals surface area contributed by atoms with Crippen molar-refractivity contribution in [2.24, 2.45) is 0 Å². The van der Waals surface area contributed by atoms with Crippen LogP contribution in [-0.2, 0) is 0 Å². The van der Waals surface area contributed by atoms with Crippen LogP contribution in [0.4, 0.5) is 5.69 Å². The van der Waals surface area contributed by atoms with E-state index < -0.39 is 0 Å². The van der Waals surface area contributed by atoms with Crippen LogP contribution in [0.1, 0.15) is 46.5 Å². The molecule has 21 heavy (non-hydrogen) atoms. The maximum atomic E-state index is 12.2. The number of nitrogens with zero attached hydrogens (tertiary/aromatic N) is 2. The minimum Gasteiger partial charge on any atom is -0.337 e. The van der Waals surface area contributed by atoms with Crippen LogP contribution in [0.5, 0.6) is 0 Å². The van der Waals surface area contributed by atoms with Crippen LogP contribution in [0.25, 0.3) is 0 Å².